The topological polar surface area (TPSA) is 3.24 Å². The van der Waals surface area contributed by atoms with Crippen LogP contribution in [-0.4, -0.2) is 25.0 Å². The summed E-state index contributed by atoms with van der Waals surface area (Å²) in [5.74, 6) is 0. The average Bonchev–Trinajstić information content (AvgIpc) is 2.08. The minimum atomic E-state index is 1.08. The van der Waals surface area contributed by atoms with Gasteiger partial charge in [0.25, 0.3) is 0 Å². The van der Waals surface area contributed by atoms with E-state index in [-0.39, 0.29) is 0 Å². The highest BCUT2D eigenvalue weighted by molar-refractivity contribution is 5.35. The van der Waals surface area contributed by atoms with Crippen molar-refractivity contribution in [2.45, 2.75) is 13.3 Å². The van der Waals surface area contributed by atoms with Crippen molar-refractivity contribution < 1.29 is 0 Å². The van der Waals surface area contributed by atoms with Crippen LogP contribution in [0.2, 0.25) is 0 Å². The number of rotatable bonds is 1. The molecule has 1 saturated heterocycles. The van der Waals surface area contributed by atoms with Crippen LogP contribution in [0, 0.1) is 0 Å². The van der Waals surface area contributed by atoms with Crippen LogP contribution in [0.3, 0.4) is 0 Å². The van der Waals surface area contributed by atoms with E-state index in [1.54, 1.807) is 0 Å². The summed E-state index contributed by atoms with van der Waals surface area (Å²) in [5.41, 5.74) is 2.90. The van der Waals surface area contributed by atoms with Crippen LogP contribution in [0.5, 0.6) is 0 Å². The maximum atomic E-state index is 3.73. The lowest BCUT2D eigenvalue weighted by Gasteiger charge is -2.26. The van der Waals surface area contributed by atoms with Gasteiger partial charge in [0.15, 0.2) is 0 Å². The predicted molar refractivity (Wildman–Crippen MR) is 54.2 cm³/mol. The third kappa shape index (κ3) is 2.08. The summed E-state index contributed by atoms with van der Waals surface area (Å²) in [5, 5.41) is 0. The molecule has 0 aromatic carbocycles. The van der Waals surface area contributed by atoms with Gasteiger partial charge in [-0.2, -0.15) is 0 Å². The summed E-state index contributed by atoms with van der Waals surface area (Å²) in [7, 11) is 2.16. The lowest BCUT2D eigenvalue weighted by atomic mass is 9.98. The van der Waals surface area contributed by atoms with Crippen molar-refractivity contribution in [1.82, 2.24) is 4.90 Å². The zero-order valence-corrected chi connectivity index (χ0v) is 8.01. The van der Waals surface area contributed by atoms with Crippen LogP contribution in [-0.2, 0) is 0 Å². The van der Waals surface area contributed by atoms with Gasteiger partial charge in [-0.3, -0.25) is 0 Å². The van der Waals surface area contributed by atoms with Crippen molar-refractivity contribution in [2.24, 2.45) is 0 Å². The number of likely N-dealkylation sites (tertiary alicyclic amines) is 1. The SMILES string of the molecule is C=C/C=C1/CCN(C)C/C1=C/C. The van der Waals surface area contributed by atoms with Gasteiger partial charge in [0.05, 0.1) is 0 Å². The predicted octanol–water partition coefficient (Wildman–Crippen LogP) is 2.38. The van der Waals surface area contributed by atoms with Crippen molar-refractivity contribution >= 4 is 0 Å². The number of nitrogens with zero attached hydrogens (tertiary/aromatic N) is 1. The van der Waals surface area contributed by atoms with Crippen molar-refractivity contribution in [3.63, 3.8) is 0 Å². The number of likely N-dealkylation sites (N-methyl/N-ethyl adjacent to an activating group) is 1. The van der Waals surface area contributed by atoms with Crippen LogP contribution >= 0.6 is 0 Å². The zero-order valence-electron chi connectivity index (χ0n) is 8.01. The second kappa shape index (κ2) is 4.27. The molecule has 0 aromatic heterocycles. The fraction of sp³-hybridized carbons (Fsp3) is 0.455. The molecular weight excluding hydrogens is 146 g/mol. The number of piperidine rings is 1. The fourth-order valence-electron chi connectivity index (χ4n) is 1.55. The summed E-state index contributed by atoms with van der Waals surface area (Å²) in [6.45, 7) is 8.07. The van der Waals surface area contributed by atoms with E-state index >= 15 is 0 Å². The van der Waals surface area contributed by atoms with Gasteiger partial charge in [0, 0.05) is 13.1 Å². The van der Waals surface area contributed by atoms with E-state index in [4.69, 9.17) is 0 Å². The van der Waals surface area contributed by atoms with E-state index in [0.29, 0.717) is 0 Å². The molecule has 0 N–H and O–H groups in total. The van der Waals surface area contributed by atoms with Crippen LogP contribution in [0.25, 0.3) is 0 Å². The second-order valence-corrected chi connectivity index (χ2v) is 3.23. The van der Waals surface area contributed by atoms with Gasteiger partial charge < -0.3 is 4.90 Å². The average molecular weight is 163 g/mol. The smallest absolute Gasteiger partial charge is 0.0230 e. The molecule has 1 aliphatic heterocycles. The Morgan fingerprint density at radius 2 is 2.17 bits per heavy atom. The van der Waals surface area contributed by atoms with Crippen molar-refractivity contribution in [1.29, 1.82) is 0 Å². The Balaban J connectivity index is 2.76. The van der Waals surface area contributed by atoms with Gasteiger partial charge >= 0.3 is 0 Å². The van der Waals surface area contributed by atoms with Crippen LogP contribution in [0.4, 0.5) is 0 Å². The van der Waals surface area contributed by atoms with Gasteiger partial charge in [-0.05, 0) is 31.5 Å². The molecule has 0 spiro atoms. The Hall–Kier alpha value is -0.820. The van der Waals surface area contributed by atoms with E-state index in [0.717, 1.165) is 19.5 Å². The molecular formula is C11H17N. The minimum absolute atomic E-state index is 1.08. The van der Waals surface area contributed by atoms with Crippen molar-refractivity contribution in [3.05, 3.63) is 36.0 Å². The summed E-state index contributed by atoms with van der Waals surface area (Å²) in [6, 6.07) is 0. The normalized spacial score (nSPS) is 26.5. The largest absolute Gasteiger partial charge is 0.302 e. The molecule has 1 aliphatic rings. The Morgan fingerprint density at radius 3 is 2.75 bits per heavy atom. The molecule has 0 atom stereocenters. The molecule has 1 heteroatoms. The third-order valence-electron chi connectivity index (χ3n) is 2.28. The van der Waals surface area contributed by atoms with Gasteiger partial charge in [0.1, 0.15) is 0 Å². The summed E-state index contributed by atoms with van der Waals surface area (Å²) in [4.78, 5) is 2.34. The lowest BCUT2D eigenvalue weighted by molar-refractivity contribution is 0.348. The maximum absolute atomic E-state index is 3.73. The molecule has 1 rings (SSSR count). The Morgan fingerprint density at radius 1 is 1.42 bits per heavy atom. The number of hydrogen-bond donors (Lipinski definition) is 0. The third-order valence-corrected chi connectivity index (χ3v) is 2.28. The highest BCUT2D eigenvalue weighted by Gasteiger charge is 2.13. The molecule has 66 valence electrons. The van der Waals surface area contributed by atoms with E-state index in [1.807, 2.05) is 6.08 Å². The number of hydrogen-bond acceptors (Lipinski definition) is 1. The molecule has 1 heterocycles. The molecule has 0 saturated carbocycles. The maximum Gasteiger partial charge on any atom is 0.0230 e. The molecule has 0 aliphatic carbocycles. The highest BCUT2D eigenvalue weighted by atomic mass is 15.1. The van der Waals surface area contributed by atoms with Crippen LogP contribution in [0.1, 0.15) is 13.3 Å². The van der Waals surface area contributed by atoms with E-state index in [1.165, 1.54) is 11.1 Å². The molecule has 0 radical (unpaired) electrons. The molecule has 0 aromatic rings. The molecule has 0 bridgehead atoms. The van der Waals surface area contributed by atoms with Crippen molar-refractivity contribution in [3.8, 4) is 0 Å². The molecule has 1 nitrogen and oxygen atoms in total. The monoisotopic (exact) mass is 163 g/mol. The minimum Gasteiger partial charge on any atom is -0.302 e. The first kappa shape index (κ1) is 9.27. The zero-order chi connectivity index (χ0) is 8.97. The summed E-state index contributed by atoms with van der Waals surface area (Å²) >= 11 is 0. The molecule has 12 heavy (non-hydrogen) atoms. The summed E-state index contributed by atoms with van der Waals surface area (Å²) in [6.07, 6.45) is 7.36. The quantitative estimate of drug-likeness (QED) is 0.573. The van der Waals surface area contributed by atoms with Crippen LogP contribution < -0.4 is 0 Å². The van der Waals surface area contributed by atoms with Gasteiger partial charge in [-0.15, -0.1) is 0 Å². The highest BCUT2D eigenvalue weighted by Crippen LogP contribution is 2.20. The summed E-state index contributed by atoms with van der Waals surface area (Å²) < 4.78 is 0. The first-order valence-corrected chi connectivity index (χ1v) is 4.43. The van der Waals surface area contributed by atoms with Crippen LogP contribution in [0.15, 0.2) is 36.0 Å². The van der Waals surface area contributed by atoms with E-state index in [9.17, 15) is 0 Å². The van der Waals surface area contributed by atoms with Crippen molar-refractivity contribution in [2.75, 3.05) is 20.1 Å². The Bertz CT molecular complexity index is 223. The molecule has 0 unspecified atom stereocenters. The standard InChI is InChI=1S/C11H17N/c1-4-6-11-7-8-12(3)9-10(11)5-2/h4-6H,1,7-9H2,2-3H3/b10-5-,11-6-. The van der Waals surface area contributed by atoms with Gasteiger partial charge in [-0.1, -0.05) is 24.8 Å². The van der Waals surface area contributed by atoms with Gasteiger partial charge in [-0.25, -0.2) is 0 Å². The molecule has 1 fully saturated rings. The lowest BCUT2D eigenvalue weighted by Crippen LogP contribution is -2.28. The van der Waals surface area contributed by atoms with E-state index < -0.39 is 0 Å². The second-order valence-electron chi connectivity index (χ2n) is 3.23. The van der Waals surface area contributed by atoms with Gasteiger partial charge in [0.2, 0.25) is 0 Å². The Labute approximate surface area is 75.1 Å². The van der Waals surface area contributed by atoms with E-state index in [2.05, 4.69) is 37.6 Å². The first-order valence-electron chi connectivity index (χ1n) is 4.43. The fourth-order valence-corrected chi connectivity index (χ4v) is 1.55. The Kier molecular flexibility index (Phi) is 3.30. The first-order chi connectivity index (χ1) is 5.77. The molecule has 0 amide bonds. The number of allylic oxidation sites excluding steroid dienone is 3.